The van der Waals surface area contributed by atoms with Crippen molar-refractivity contribution >= 4 is 0 Å². The number of hydrogen-bond acceptors (Lipinski definition) is 5. The van der Waals surface area contributed by atoms with Crippen molar-refractivity contribution in [3.05, 3.63) is 149 Å². The molecule has 5 rings (SSSR count). The minimum Gasteiger partial charge on any atom is -0.497 e. The maximum absolute atomic E-state index is 9.54. The lowest BCUT2D eigenvalue weighted by atomic mass is 9.79. The average molecular weight is 561 g/mol. The largest absolute Gasteiger partial charge is 0.497 e. The van der Waals surface area contributed by atoms with Crippen LogP contribution in [0.3, 0.4) is 0 Å². The maximum atomic E-state index is 9.54. The van der Waals surface area contributed by atoms with Gasteiger partial charge in [0.25, 0.3) is 0 Å². The van der Waals surface area contributed by atoms with Crippen LogP contribution < -0.4 is 14.2 Å². The summed E-state index contributed by atoms with van der Waals surface area (Å²) in [5.41, 5.74) is 6.93. The van der Waals surface area contributed by atoms with E-state index in [1.807, 2.05) is 79.7 Å². The molecule has 1 aliphatic rings. The molecule has 4 aromatic rings. The topological polar surface area (TPSA) is 57.2 Å². The van der Waals surface area contributed by atoms with E-state index in [2.05, 4.69) is 36.9 Å². The number of rotatable bonds is 11. The van der Waals surface area contributed by atoms with E-state index in [9.17, 15) is 5.11 Å². The highest BCUT2D eigenvalue weighted by Gasteiger charge is 2.39. The van der Waals surface area contributed by atoms with Crippen molar-refractivity contribution in [3.63, 3.8) is 0 Å². The molecule has 0 atom stereocenters. The van der Waals surface area contributed by atoms with Crippen molar-refractivity contribution in [2.45, 2.75) is 32.3 Å². The van der Waals surface area contributed by atoms with E-state index < -0.39 is 5.60 Å². The maximum Gasteiger partial charge on any atom is 0.144 e. The quantitative estimate of drug-likeness (QED) is 0.189. The third-order valence-corrected chi connectivity index (χ3v) is 7.57. The van der Waals surface area contributed by atoms with E-state index in [1.54, 1.807) is 20.3 Å². The highest BCUT2D eigenvalue weighted by Crippen LogP contribution is 2.44. The summed E-state index contributed by atoms with van der Waals surface area (Å²) >= 11 is 0. The summed E-state index contributed by atoms with van der Waals surface area (Å²) in [5.74, 6) is 2.34. The monoisotopic (exact) mass is 560 g/mol. The average Bonchev–Trinajstić information content (AvgIpc) is 3.05. The van der Waals surface area contributed by atoms with E-state index in [0.29, 0.717) is 13.2 Å². The first-order valence-electron chi connectivity index (χ1n) is 13.9. The first-order chi connectivity index (χ1) is 20.6. The molecule has 0 spiro atoms. The minimum atomic E-state index is -0.969. The Morgan fingerprint density at radius 3 is 2.05 bits per heavy atom. The van der Waals surface area contributed by atoms with Crippen LogP contribution in [0.4, 0.5) is 0 Å². The molecule has 1 aliphatic heterocycles. The summed E-state index contributed by atoms with van der Waals surface area (Å²) in [6, 6.07) is 28.2. The van der Waals surface area contributed by atoms with Gasteiger partial charge in [-0.2, -0.15) is 0 Å². The molecule has 1 heterocycles. The standard InChI is InChI=1S/C37H36O5/c1-5-7-29(8-6-2)37(30-11-15-32(39-3)16-12-30,31-13-17-33(40-4)18-14-31)42-24-27-10-20-35-34-19-9-26(23-38)21-28(34)25-41-36(35)22-27/h5-22,38H,1,23-25H2,2-4H3. The Balaban J connectivity index is 1.59. The van der Waals surface area contributed by atoms with Crippen LogP contribution in [-0.4, -0.2) is 19.3 Å². The third-order valence-electron chi connectivity index (χ3n) is 7.57. The van der Waals surface area contributed by atoms with Crippen molar-refractivity contribution in [1.82, 2.24) is 0 Å². The lowest BCUT2D eigenvalue weighted by Gasteiger charge is -2.37. The summed E-state index contributed by atoms with van der Waals surface area (Å²) in [7, 11) is 3.32. The van der Waals surface area contributed by atoms with E-state index in [1.165, 1.54) is 0 Å². The zero-order valence-corrected chi connectivity index (χ0v) is 24.3. The number of allylic oxidation sites excluding steroid dienone is 3. The van der Waals surface area contributed by atoms with Gasteiger partial charge in [-0.3, -0.25) is 0 Å². The Kier molecular flexibility index (Phi) is 8.91. The molecule has 0 aliphatic carbocycles. The van der Waals surface area contributed by atoms with Crippen molar-refractivity contribution < 1.29 is 24.1 Å². The number of aliphatic hydroxyl groups excluding tert-OH is 1. The van der Waals surface area contributed by atoms with Crippen molar-refractivity contribution in [1.29, 1.82) is 0 Å². The predicted molar refractivity (Wildman–Crippen MR) is 167 cm³/mol. The molecule has 5 nitrogen and oxygen atoms in total. The molecule has 0 saturated heterocycles. The fraction of sp³-hybridized carbons (Fsp3) is 0.189. The molecule has 1 N–H and O–H groups in total. The molecule has 0 unspecified atom stereocenters. The van der Waals surface area contributed by atoms with E-state index in [-0.39, 0.29) is 6.61 Å². The van der Waals surface area contributed by atoms with Gasteiger partial charge in [0.1, 0.15) is 29.5 Å². The number of methoxy groups -OCH3 is 2. The van der Waals surface area contributed by atoms with Crippen LogP contribution in [0.25, 0.3) is 11.1 Å². The van der Waals surface area contributed by atoms with E-state index in [4.69, 9.17) is 18.9 Å². The van der Waals surface area contributed by atoms with Crippen LogP contribution in [0.1, 0.15) is 34.7 Å². The van der Waals surface area contributed by atoms with Crippen LogP contribution in [0.15, 0.2) is 121 Å². The van der Waals surface area contributed by atoms with Gasteiger partial charge in [-0.15, -0.1) is 0 Å². The smallest absolute Gasteiger partial charge is 0.144 e. The summed E-state index contributed by atoms with van der Waals surface area (Å²) in [6.07, 6.45) is 7.84. The Morgan fingerprint density at radius 2 is 1.48 bits per heavy atom. The lowest BCUT2D eigenvalue weighted by Crippen LogP contribution is -2.33. The second-order valence-electron chi connectivity index (χ2n) is 10.1. The molecular formula is C37H36O5. The summed E-state index contributed by atoms with van der Waals surface area (Å²) in [6.45, 7) is 6.77. The fourth-order valence-electron chi connectivity index (χ4n) is 5.47. The highest BCUT2D eigenvalue weighted by molar-refractivity contribution is 5.75. The second kappa shape index (κ2) is 12.9. The van der Waals surface area contributed by atoms with Gasteiger partial charge in [0.05, 0.1) is 27.4 Å². The van der Waals surface area contributed by atoms with Crippen molar-refractivity contribution in [2.24, 2.45) is 0 Å². The first-order valence-corrected chi connectivity index (χ1v) is 13.9. The number of fused-ring (bicyclic) bond motifs is 3. The van der Waals surface area contributed by atoms with Gasteiger partial charge >= 0.3 is 0 Å². The zero-order chi connectivity index (χ0) is 29.5. The molecule has 0 fully saturated rings. The molecule has 0 aromatic heterocycles. The minimum absolute atomic E-state index is 0.00998. The van der Waals surface area contributed by atoms with Crippen molar-refractivity contribution in [2.75, 3.05) is 14.2 Å². The van der Waals surface area contributed by atoms with Gasteiger partial charge in [-0.1, -0.05) is 79.4 Å². The fourth-order valence-corrected chi connectivity index (χ4v) is 5.47. The van der Waals surface area contributed by atoms with Gasteiger partial charge in [0.15, 0.2) is 0 Å². The molecule has 4 aromatic carbocycles. The SMILES string of the molecule is C=CC=C(C=CC)C(OCc1ccc2c(c1)OCc1cc(CO)ccc1-2)(c1ccc(OC)cc1)c1ccc(OC)cc1. The molecule has 214 valence electrons. The number of aliphatic hydroxyl groups is 1. The lowest BCUT2D eigenvalue weighted by molar-refractivity contribution is -0.000427. The summed E-state index contributed by atoms with van der Waals surface area (Å²) < 4.78 is 24.2. The Morgan fingerprint density at radius 1 is 0.857 bits per heavy atom. The predicted octanol–water partition coefficient (Wildman–Crippen LogP) is 7.90. The van der Waals surface area contributed by atoms with Gasteiger partial charge in [0, 0.05) is 5.56 Å². The molecule has 5 heteroatoms. The van der Waals surface area contributed by atoms with Crippen LogP contribution in [-0.2, 0) is 30.2 Å². The normalized spacial score (nSPS) is 12.8. The van der Waals surface area contributed by atoms with E-state index in [0.717, 1.165) is 61.8 Å². The van der Waals surface area contributed by atoms with Crippen LogP contribution in [0.2, 0.25) is 0 Å². The van der Waals surface area contributed by atoms with Gasteiger partial charge in [-0.25, -0.2) is 0 Å². The molecule has 0 bridgehead atoms. The second-order valence-corrected chi connectivity index (χ2v) is 10.1. The molecule has 42 heavy (non-hydrogen) atoms. The van der Waals surface area contributed by atoms with Gasteiger partial charge in [-0.05, 0) is 82.3 Å². The number of ether oxygens (including phenoxy) is 4. The van der Waals surface area contributed by atoms with Crippen LogP contribution in [0, 0.1) is 0 Å². The molecule has 0 saturated carbocycles. The van der Waals surface area contributed by atoms with Gasteiger partial charge in [0.2, 0.25) is 0 Å². The molecule has 0 amide bonds. The zero-order valence-electron chi connectivity index (χ0n) is 24.3. The van der Waals surface area contributed by atoms with Crippen LogP contribution >= 0.6 is 0 Å². The number of hydrogen-bond donors (Lipinski definition) is 1. The van der Waals surface area contributed by atoms with Gasteiger partial charge < -0.3 is 24.1 Å². The Bertz CT molecular complexity index is 1550. The summed E-state index contributed by atoms with van der Waals surface area (Å²) in [4.78, 5) is 0. The van der Waals surface area contributed by atoms with E-state index >= 15 is 0 Å². The van der Waals surface area contributed by atoms with Crippen molar-refractivity contribution in [3.8, 4) is 28.4 Å². The van der Waals surface area contributed by atoms with Crippen LogP contribution in [0.5, 0.6) is 17.2 Å². The summed E-state index contributed by atoms with van der Waals surface area (Å²) in [5, 5.41) is 9.54. The highest BCUT2D eigenvalue weighted by atomic mass is 16.5. The molecule has 0 radical (unpaired) electrons. The molecular weight excluding hydrogens is 524 g/mol. The number of benzene rings is 4. The Labute approximate surface area is 248 Å². The Hall–Kier alpha value is -4.58. The first kappa shape index (κ1) is 28.9. The third kappa shape index (κ3) is 5.62.